The van der Waals surface area contributed by atoms with Gasteiger partial charge in [-0.1, -0.05) is 12.1 Å². The number of nitrogens with one attached hydrogen (secondary N) is 1. The van der Waals surface area contributed by atoms with E-state index in [1.807, 2.05) is 12.1 Å². The Bertz CT molecular complexity index is 567. The van der Waals surface area contributed by atoms with Crippen molar-refractivity contribution in [2.45, 2.75) is 6.54 Å². The highest BCUT2D eigenvalue weighted by molar-refractivity contribution is 5.96. The van der Waals surface area contributed by atoms with E-state index < -0.39 is 0 Å². The highest BCUT2D eigenvalue weighted by Gasteiger charge is 2.11. The van der Waals surface area contributed by atoms with Gasteiger partial charge in [-0.05, 0) is 23.8 Å². The Hall–Kier alpha value is -2.56. The number of nitrogens with two attached hydrogens (primary N) is 1. The molecule has 0 aliphatic heterocycles. The van der Waals surface area contributed by atoms with Crippen LogP contribution in [0.5, 0.6) is 5.75 Å². The van der Waals surface area contributed by atoms with Gasteiger partial charge in [-0.3, -0.25) is 9.78 Å². The van der Waals surface area contributed by atoms with Crippen LogP contribution in [-0.4, -0.2) is 18.0 Å². The third-order valence-electron chi connectivity index (χ3n) is 2.68. The van der Waals surface area contributed by atoms with Crippen molar-refractivity contribution < 1.29 is 9.53 Å². The molecule has 0 spiro atoms. The van der Waals surface area contributed by atoms with Gasteiger partial charge in [-0.25, -0.2) is 0 Å². The van der Waals surface area contributed by atoms with Crippen molar-refractivity contribution in [2.24, 2.45) is 0 Å². The molecule has 5 heteroatoms. The summed E-state index contributed by atoms with van der Waals surface area (Å²) in [7, 11) is 1.51. The molecule has 19 heavy (non-hydrogen) atoms. The average molecular weight is 257 g/mol. The number of nitrogens with zero attached hydrogens (tertiary/aromatic N) is 1. The summed E-state index contributed by atoms with van der Waals surface area (Å²) in [6, 6.07) is 8.97. The zero-order chi connectivity index (χ0) is 13.7. The monoisotopic (exact) mass is 257 g/mol. The van der Waals surface area contributed by atoms with Crippen LogP contribution < -0.4 is 15.8 Å². The van der Waals surface area contributed by atoms with Gasteiger partial charge in [0, 0.05) is 18.4 Å². The van der Waals surface area contributed by atoms with E-state index in [4.69, 9.17) is 10.5 Å². The minimum absolute atomic E-state index is 0.198. The number of rotatable bonds is 4. The third kappa shape index (κ3) is 3.22. The number of amides is 1. The molecule has 0 aliphatic carbocycles. The number of anilines is 1. The summed E-state index contributed by atoms with van der Waals surface area (Å²) < 4.78 is 5.09. The number of carbonyl (C=O) groups is 1. The van der Waals surface area contributed by atoms with Gasteiger partial charge in [-0.15, -0.1) is 0 Å². The number of benzene rings is 1. The first-order chi connectivity index (χ1) is 9.20. The van der Waals surface area contributed by atoms with Crippen LogP contribution in [0.25, 0.3) is 0 Å². The van der Waals surface area contributed by atoms with E-state index in [1.165, 1.54) is 13.3 Å². The summed E-state index contributed by atoms with van der Waals surface area (Å²) in [4.78, 5) is 15.9. The lowest BCUT2D eigenvalue weighted by Gasteiger charge is -2.08. The van der Waals surface area contributed by atoms with Crippen LogP contribution in [-0.2, 0) is 6.54 Å². The molecule has 0 unspecified atom stereocenters. The third-order valence-corrected chi connectivity index (χ3v) is 2.68. The van der Waals surface area contributed by atoms with Crippen molar-refractivity contribution in [3.05, 3.63) is 53.9 Å². The lowest BCUT2D eigenvalue weighted by atomic mass is 10.2. The molecule has 1 aromatic heterocycles. The molecule has 1 amide bonds. The molecule has 98 valence electrons. The average Bonchev–Trinajstić information content (AvgIpc) is 2.46. The zero-order valence-electron chi connectivity index (χ0n) is 10.6. The van der Waals surface area contributed by atoms with Gasteiger partial charge in [-0.2, -0.15) is 0 Å². The molecule has 0 atom stereocenters. The topological polar surface area (TPSA) is 77.2 Å². The predicted molar refractivity (Wildman–Crippen MR) is 72.8 cm³/mol. The Morgan fingerprint density at radius 3 is 2.74 bits per heavy atom. The number of carbonyl (C=O) groups excluding carboxylic acids is 1. The highest BCUT2D eigenvalue weighted by Crippen LogP contribution is 2.15. The lowest BCUT2D eigenvalue weighted by molar-refractivity contribution is 0.0947. The Morgan fingerprint density at radius 1 is 1.32 bits per heavy atom. The fourth-order valence-corrected chi connectivity index (χ4v) is 1.64. The Morgan fingerprint density at radius 2 is 2.05 bits per heavy atom. The number of methoxy groups -OCH3 is 1. The van der Waals surface area contributed by atoms with Crippen molar-refractivity contribution in [3.8, 4) is 5.75 Å². The van der Waals surface area contributed by atoms with E-state index in [0.29, 0.717) is 23.5 Å². The number of nitrogen functional groups attached to an aromatic ring is 1. The molecule has 0 saturated heterocycles. The molecule has 0 bridgehead atoms. The minimum Gasteiger partial charge on any atom is -0.494 e. The van der Waals surface area contributed by atoms with Crippen LogP contribution in [0.3, 0.4) is 0 Å². The van der Waals surface area contributed by atoms with Crippen LogP contribution in [0.15, 0.2) is 42.7 Å². The molecule has 3 N–H and O–H groups in total. The van der Waals surface area contributed by atoms with E-state index in [9.17, 15) is 4.79 Å². The maximum absolute atomic E-state index is 12.0. The Labute approximate surface area is 111 Å². The van der Waals surface area contributed by atoms with Gasteiger partial charge in [0.2, 0.25) is 0 Å². The van der Waals surface area contributed by atoms with Crippen LogP contribution >= 0.6 is 0 Å². The summed E-state index contributed by atoms with van der Waals surface area (Å²) in [6.45, 7) is 0.435. The molecule has 0 saturated carbocycles. The summed E-state index contributed by atoms with van der Waals surface area (Å²) in [5.41, 5.74) is 7.75. The molecule has 5 nitrogen and oxygen atoms in total. The van der Waals surface area contributed by atoms with Crippen LogP contribution in [0.2, 0.25) is 0 Å². The lowest BCUT2D eigenvalue weighted by Crippen LogP contribution is -2.23. The molecular formula is C14H15N3O2. The molecule has 2 aromatic rings. The van der Waals surface area contributed by atoms with E-state index in [0.717, 1.165) is 5.56 Å². The van der Waals surface area contributed by atoms with Gasteiger partial charge in [0.15, 0.2) is 0 Å². The summed E-state index contributed by atoms with van der Waals surface area (Å²) in [6.07, 6.45) is 3.07. The van der Waals surface area contributed by atoms with Gasteiger partial charge in [0.05, 0.1) is 18.9 Å². The zero-order valence-corrected chi connectivity index (χ0v) is 10.6. The number of pyridine rings is 1. The number of aromatic nitrogens is 1. The predicted octanol–water partition coefficient (Wildman–Crippen LogP) is 1.60. The second-order valence-electron chi connectivity index (χ2n) is 4.00. The fraction of sp³-hybridized carbons (Fsp3) is 0.143. The van der Waals surface area contributed by atoms with E-state index in [2.05, 4.69) is 10.3 Å². The van der Waals surface area contributed by atoms with Crippen molar-refractivity contribution in [1.29, 1.82) is 0 Å². The molecule has 2 rings (SSSR count). The molecular weight excluding hydrogens is 242 g/mol. The molecule has 0 radical (unpaired) electrons. The van der Waals surface area contributed by atoms with Gasteiger partial charge in [0.25, 0.3) is 5.91 Å². The molecule has 0 fully saturated rings. The van der Waals surface area contributed by atoms with Gasteiger partial charge < -0.3 is 15.8 Å². The summed E-state index contributed by atoms with van der Waals surface area (Å²) in [5.74, 6) is 0.258. The maximum Gasteiger partial charge on any atom is 0.255 e. The quantitative estimate of drug-likeness (QED) is 0.816. The highest BCUT2D eigenvalue weighted by atomic mass is 16.5. The van der Waals surface area contributed by atoms with Gasteiger partial charge in [0.1, 0.15) is 5.75 Å². The second-order valence-corrected chi connectivity index (χ2v) is 4.00. The maximum atomic E-state index is 12.0. The standard InChI is InChI=1S/C14H15N3O2/c1-19-13-9-16-7-6-12(13)14(18)17-8-10-2-4-11(15)5-3-10/h2-7,9H,8,15H2,1H3,(H,17,18). The molecule has 1 aromatic carbocycles. The minimum atomic E-state index is -0.198. The summed E-state index contributed by atoms with van der Waals surface area (Å²) in [5, 5.41) is 2.82. The van der Waals surface area contributed by atoms with E-state index >= 15 is 0 Å². The Balaban J connectivity index is 2.03. The van der Waals surface area contributed by atoms with Crippen molar-refractivity contribution >= 4 is 11.6 Å². The Kier molecular flexibility index (Phi) is 3.97. The largest absolute Gasteiger partial charge is 0.494 e. The van der Waals surface area contributed by atoms with Crippen molar-refractivity contribution in [1.82, 2.24) is 10.3 Å². The van der Waals surface area contributed by atoms with Crippen molar-refractivity contribution in [3.63, 3.8) is 0 Å². The van der Waals surface area contributed by atoms with Crippen LogP contribution in [0.4, 0.5) is 5.69 Å². The van der Waals surface area contributed by atoms with E-state index in [-0.39, 0.29) is 5.91 Å². The normalized spacial score (nSPS) is 9.95. The number of hydrogen-bond donors (Lipinski definition) is 2. The smallest absolute Gasteiger partial charge is 0.255 e. The number of ether oxygens (including phenoxy) is 1. The number of hydrogen-bond acceptors (Lipinski definition) is 4. The van der Waals surface area contributed by atoms with E-state index in [1.54, 1.807) is 24.4 Å². The fourth-order valence-electron chi connectivity index (χ4n) is 1.64. The van der Waals surface area contributed by atoms with Crippen LogP contribution in [0, 0.1) is 0 Å². The SMILES string of the molecule is COc1cnccc1C(=O)NCc1ccc(N)cc1. The first-order valence-corrected chi connectivity index (χ1v) is 5.81. The van der Waals surface area contributed by atoms with Crippen molar-refractivity contribution in [2.75, 3.05) is 12.8 Å². The van der Waals surface area contributed by atoms with Crippen LogP contribution in [0.1, 0.15) is 15.9 Å². The van der Waals surface area contributed by atoms with Gasteiger partial charge >= 0.3 is 0 Å². The first-order valence-electron chi connectivity index (χ1n) is 5.81. The molecule has 1 heterocycles. The second kappa shape index (κ2) is 5.86. The summed E-state index contributed by atoms with van der Waals surface area (Å²) >= 11 is 0. The first kappa shape index (κ1) is 12.9. The molecule has 0 aliphatic rings.